The molecular formula is C19H22N4O2S2. The highest BCUT2D eigenvalue weighted by Gasteiger charge is 2.23. The van der Waals surface area contributed by atoms with Crippen LogP contribution in [0.15, 0.2) is 45.7 Å². The molecule has 142 valence electrons. The number of nitrogens with two attached hydrogens (primary N) is 1. The van der Waals surface area contributed by atoms with Crippen molar-refractivity contribution >= 4 is 39.2 Å². The molecule has 1 atom stereocenters. The number of thiophene rings is 1. The summed E-state index contributed by atoms with van der Waals surface area (Å²) in [5.74, 6) is 6.05. The van der Waals surface area contributed by atoms with Crippen LogP contribution in [-0.2, 0) is 4.79 Å². The van der Waals surface area contributed by atoms with Crippen molar-refractivity contribution in [2.75, 3.05) is 18.9 Å². The Kier molecular flexibility index (Phi) is 5.86. The number of carbonyl (C=O) groups is 1. The summed E-state index contributed by atoms with van der Waals surface area (Å²) in [6.45, 7) is 6.99. The number of hydrogen-bond donors (Lipinski definition) is 1. The molecule has 2 heterocycles. The lowest BCUT2D eigenvalue weighted by molar-refractivity contribution is -0.129. The first-order chi connectivity index (χ1) is 13.0. The zero-order valence-electron chi connectivity index (χ0n) is 15.5. The fourth-order valence-electron chi connectivity index (χ4n) is 2.90. The second-order valence-corrected chi connectivity index (χ2v) is 8.20. The van der Waals surface area contributed by atoms with Crippen LogP contribution in [0.3, 0.4) is 0 Å². The monoisotopic (exact) mass is 402 g/mol. The van der Waals surface area contributed by atoms with E-state index < -0.39 is 0 Å². The molecular weight excluding hydrogens is 380 g/mol. The van der Waals surface area contributed by atoms with Crippen molar-refractivity contribution < 1.29 is 4.79 Å². The molecule has 0 fully saturated rings. The molecule has 27 heavy (non-hydrogen) atoms. The molecule has 8 heteroatoms. The molecule has 6 nitrogen and oxygen atoms in total. The third-order valence-corrected chi connectivity index (χ3v) is 6.32. The second kappa shape index (κ2) is 8.14. The van der Waals surface area contributed by atoms with Crippen LogP contribution in [-0.4, -0.2) is 38.8 Å². The highest BCUT2D eigenvalue weighted by Crippen LogP contribution is 2.32. The maximum atomic E-state index is 12.9. The molecule has 1 amide bonds. The maximum Gasteiger partial charge on any atom is 0.282 e. The first-order valence-electron chi connectivity index (χ1n) is 8.78. The summed E-state index contributed by atoms with van der Waals surface area (Å²) in [6.07, 6.45) is 0. The zero-order chi connectivity index (χ0) is 19.6. The normalized spacial score (nSPS) is 12.3. The van der Waals surface area contributed by atoms with Gasteiger partial charge in [0.2, 0.25) is 5.91 Å². The minimum absolute atomic E-state index is 0.00972. The number of thioether (sulfide) groups is 1. The van der Waals surface area contributed by atoms with E-state index in [4.69, 9.17) is 5.84 Å². The van der Waals surface area contributed by atoms with Crippen LogP contribution in [0.4, 0.5) is 0 Å². The summed E-state index contributed by atoms with van der Waals surface area (Å²) in [6, 6.07) is 9.70. The Morgan fingerprint density at radius 1 is 1.30 bits per heavy atom. The van der Waals surface area contributed by atoms with Gasteiger partial charge in [-0.3, -0.25) is 9.59 Å². The Morgan fingerprint density at radius 2 is 1.96 bits per heavy atom. The largest absolute Gasteiger partial charge is 0.342 e. The molecule has 1 aromatic carbocycles. The molecule has 0 spiro atoms. The van der Waals surface area contributed by atoms with Gasteiger partial charge in [-0.15, -0.1) is 11.3 Å². The van der Waals surface area contributed by atoms with Crippen LogP contribution in [0, 0.1) is 0 Å². The van der Waals surface area contributed by atoms with Gasteiger partial charge in [0.15, 0.2) is 5.16 Å². The summed E-state index contributed by atoms with van der Waals surface area (Å²) in [5, 5.41) is 2.41. The van der Waals surface area contributed by atoms with Crippen LogP contribution < -0.4 is 11.4 Å². The van der Waals surface area contributed by atoms with E-state index in [-0.39, 0.29) is 16.7 Å². The molecule has 0 saturated heterocycles. The van der Waals surface area contributed by atoms with E-state index in [1.807, 2.05) is 56.5 Å². The average molecular weight is 403 g/mol. The van der Waals surface area contributed by atoms with E-state index >= 15 is 0 Å². The summed E-state index contributed by atoms with van der Waals surface area (Å²) in [7, 11) is 0. The molecule has 1 unspecified atom stereocenters. The van der Waals surface area contributed by atoms with Gasteiger partial charge in [0.05, 0.1) is 10.6 Å². The van der Waals surface area contributed by atoms with E-state index in [0.717, 1.165) is 15.8 Å². The molecule has 3 rings (SSSR count). The third-order valence-electron chi connectivity index (χ3n) is 4.40. The number of benzene rings is 1. The average Bonchev–Trinajstić information content (AvgIpc) is 3.11. The number of nitrogens with zero attached hydrogens (tertiary/aromatic N) is 3. The number of carbonyl (C=O) groups excluding carboxylic acids is 1. The van der Waals surface area contributed by atoms with E-state index in [0.29, 0.717) is 28.5 Å². The Bertz CT molecular complexity index is 1010. The van der Waals surface area contributed by atoms with Gasteiger partial charge in [0, 0.05) is 24.0 Å². The van der Waals surface area contributed by atoms with Crippen molar-refractivity contribution in [1.29, 1.82) is 0 Å². The number of hydrogen-bond acceptors (Lipinski definition) is 6. The van der Waals surface area contributed by atoms with Gasteiger partial charge in [0.25, 0.3) is 5.56 Å². The summed E-state index contributed by atoms with van der Waals surface area (Å²) in [4.78, 5) is 32.4. The van der Waals surface area contributed by atoms with E-state index in [1.165, 1.54) is 23.1 Å². The smallest absolute Gasteiger partial charge is 0.282 e. The SMILES string of the molecule is CCN(CC)C(=O)C(C)Sc1nc2scc(-c3ccccc3)c2c(=O)n1N. The number of nitrogen functional groups attached to an aromatic ring is 1. The molecule has 0 bridgehead atoms. The highest BCUT2D eigenvalue weighted by atomic mass is 32.2. The maximum absolute atomic E-state index is 12.9. The Morgan fingerprint density at radius 3 is 2.59 bits per heavy atom. The lowest BCUT2D eigenvalue weighted by atomic mass is 10.1. The lowest BCUT2D eigenvalue weighted by Gasteiger charge is -2.22. The topological polar surface area (TPSA) is 81.2 Å². The summed E-state index contributed by atoms with van der Waals surface area (Å²) >= 11 is 2.62. The van der Waals surface area contributed by atoms with Crippen molar-refractivity contribution in [3.8, 4) is 11.1 Å². The number of amides is 1. The molecule has 2 N–H and O–H groups in total. The van der Waals surface area contributed by atoms with Crippen molar-refractivity contribution in [3.63, 3.8) is 0 Å². The van der Waals surface area contributed by atoms with Crippen LogP contribution in [0.5, 0.6) is 0 Å². The number of aromatic nitrogens is 2. The van der Waals surface area contributed by atoms with Crippen molar-refractivity contribution in [2.24, 2.45) is 0 Å². The quantitative estimate of drug-likeness (QED) is 0.389. The highest BCUT2D eigenvalue weighted by molar-refractivity contribution is 8.00. The standard InChI is InChI=1S/C19H22N4O2S2/c1-4-22(5-2)17(24)12(3)27-19-21-16-15(18(25)23(19)20)14(11-26-16)13-9-7-6-8-10-13/h6-12H,4-5,20H2,1-3H3. The zero-order valence-corrected chi connectivity index (χ0v) is 17.1. The molecule has 0 radical (unpaired) electrons. The number of fused-ring (bicyclic) bond motifs is 1. The van der Waals surface area contributed by atoms with Gasteiger partial charge >= 0.3 is 0 Å². The van der Waals surface area contributed by atoms with E-state index in [9.17, 15) is 9.59 Å². The molecule has 0 saturated carbocycles. The molecule has 0 aliphatic heterocycles. The Hall–Kier alpha value is -2.32. The predicted octanol–water partition coefficient (Wildman–Crippen LogP) is 3.19. The lowest BCUT2D eigenvalue weighted by Crippen LogP contribution is -2.37. The molecule has 0 aliphatic carbocycles. The van der Waals surface area contributed by atoms with Crippen molar-refractivity contribution in [1.82, 2.24) is 14.6 Å². The molecule has 2 aromatic heterocycles. The van der Waals surface area contributed by atoms with Crippen LogP contribution in [0.25, 0.3) is 21.3 Å². The van der Waals surface area contributed by atoms with E-state index in [1.54, 1.807) is 4.90 Å². The van der Waals surface area contributed by atoms with Crippen LogP contribution >= 0.6 is 23.1 Å². The second-order valence-electron chi connectivity index (χ2n) is 6.04. The van der Waals surface area contributed by atoms with Gasteiger partial charge in [-0.05, 0) is 26.3 Å². The number of rotatable bonds is 6. The van der Waals surface area contributed by atoms with Crippen LogP contribution in [0.2, 0.25) is 0 Å². The summed E-state index contributed by atoms with van der Waals surface area (Å²) in [5.41, 5.74) is 1.48. The van der Waals surface area contributed by atoms with Gasteiger partial charge in [0.1, 0.15) is 4.83 Å². The van der Waals surface area contributed by atoms with Crippen LogP contribution in [0.1, 0.15) is 20.8 Å². The van der Waals surface area contributed by atoms with E-state index in [2.05, 4.69) is 4.98 Å². The Balaban J connectivity index is 1.99. The van der Waals surface area contributed by atoms with Gasteiger partial charge < -0.3 is 10.7 Å². The molecule has 0 aliphatic rings. The third kappa shape index (κ3) is 3.72. The first-order valence-corrected chi connectivity index (χ1v) is 10.5. The van der Waals surface area contributed by atoms with Gasteiger partial charge in [-0.1, -0.05) is 42.1 Å². The summed E-state index contributed by atoms with van der Waals surface area (Å²) < 4.78 is 1.05. The van der Waals surface area contributed by atoms with Crippen molar-refractivity contribution in [2.45, 2.75) is 31.2 Å². The fraction of sp³-hybridized carbons (Fsp3) is 0.316. The minimum atomic E-state index is -0.377. The predicted molar refractivity (Wildman–Crippen MR) is 113 cm³/mol. The fourth-order valence-corrected chi connectivity index (χ4v) is 4.80. The minimum Gasteiger partial charge on any atom is -0.342 e. The Labute approximate surface area is 166 Å². The first kappa shape index (κ1) is 19.4. The van der Waals surface area contributed by atoms with Gasteiger partial charge in [-0.2, -0.15) is 0 Å². The van der Waals surface area contributed by atoms with Gasteiger partial charge in [-0.25, -0.2) is 9.66 Å². The van der Waals surface area contributed by atoms with Crippen molar-refractivity contribution in [3.05, 3.63) is 46.1 Å². The molecule has 3 aromatic rings.